The number of ether oxygens (including phenoxy) is 1. The quantitative estimate of drug-likeness (QED) is 0.749. The molecular formula is C16H23NO3. The van der Waals surface area contributed by atoms with Gasteiger partial charge in [-0.1, -0.05) is 31.2 Å². The zero-order chi connectivity index (χ0) is 15.1. The molecule has 1 amide bonds. The van der Waals surface area contributed by atoms with Gasteiger partial charge in [0.2, 0.25) is 5.91 Å². The Labute approximate surface area is 120 Å². The van der Waals surface area contributed by atoms with Crippen molar-refractivity contribution in [1.29, 1.82) is 0 Å². The molecule has 1 atom stereocenters. The zero-order valence-electron chi connectivity index (χ0n) is 12.7. The van der Waals surface area contributed by atoms with Crippen molar-refractivity contribution in [3.05, 3.63) is 35.4 Å². The van der Waals surface area contributed by atoms with Crippen LogP contribution in [0.5, 0.6) is 0 Å². The highest BCUT2D eigenvalue weighted by Gasteiger charge is 2.18. The van der Waals surface area contributed by atoms with E-state index in [0.717, 1.165) is 6.42 Å². The number of benzene rings is 1. The highest BCUT2D eigenvalue weighted by molar-refractivity contribution is 5.78. The zero-order valence-corrected chi connectivity index (χ0v) is 12.7. The number of carbonyl (C=O) groups is 2. The normalized spacial score (nSPS) is 11.8. The average molecular weight is 277 g/mol. The van der Waals surface area contributed by atoms with Crippen LogP contribution in [0.2, 0.25) is 0 Å². The van der Waals surface area contributed by atoms with Gasteiger partial charge < -0.3 is 9.64 Å². The van der Waals surface area contributed by atoms with Gasteiger partial charge in [-0.15, -0.1) is 0 Å². The summed E-state index contributed by atoms with van der Waals surface area (Å²) >= 11 is 0. The molecule has 1 aromatic carbocycles. The van der Waals surface area contributed by atoms with Crippen LogP contribution < -0.4 is 0 Å². The van der Waals surface area contributed by atoms with Gasteiger partial charge in [-0.25, -0.2) is 0 Å². The van der Waals surface area contributed by atoms with E-state index in [2.05, 4.69) is 4.74 Å². The van der Waals surface area contributed by atoms with E-state index in [1.54, 1.807) is 18.9 Å². The van der Waals surface area contributed by atoms with Gasteiger partial charge in [0.1, 0.15) is 0 Å². The number of methoxy groups -OCH3 is 1. The minimum atomic E-state index is -0.299. The molecule has 0 heterocycles. The maximum absolute atomic E-state index is 12.0. The van der Waals surface area contributed by atoms with Gasteiger partial charge in [0.15, 0.2) is 0 Å². The fraction of sp³-hybridized carbons (Fsp3) is 0.500. The minimum absolute atomic E-state index is 0.0454. The summed E-state index contributed by atoms with van der Waals surface area (Å²) in [5, 5.41) is 0. The Balaban J connectivity index is 2.46. The molecule has 0 aromatic heterocycles. The molecule has 0 aliphatic rings. The lowest BCUT2D eigenvalue weighted by Gasteiger charge is -2.20. The molecule has 0 spiro atoms. The standard InChI is InChI=1S/C16H23NO3/c1-12-7-5-6-8-14(12)9-10-15(18)17(3)11-13(2)16(19)20-4/h5-8,13H,9-11H2,1-4H3. The van der Waals surface area contributed by atoms with E-state index in [4.69, 9.17) is 0 Å². The maximum Gasteiger partial charge on any atom is 0.310 e. The number of carbonyl (C=O) groups excluding carboxylic acids is 2. The van der Waals surface area contributed by atoms with Crippen LogP contribution >= 0.6 is 0 Å². The summed E-state index contributed by atoms with van der Waals surface area (Å²) in [7, 11) is 3.08. The highest BCUT2D eigenvalue weighted by Crippen LogP contribution is 2.11. The van der Waals surface area contributed by atoms with Crippen LogP contribution in [0.4, 0.5) is 0 Å². The van der Waals surface area contributed by atoms with Crippen LogP contribution in [0.15, 0.2) is 24.3 Å². The summed E-state index contributed by atoms with van der Waals surface area (Å²) in [5.74, 6) is -0.542. The average Bonchev–Trinajstić information content (AvgIpc) is 2.44. The van der Waals surface area contributed by atoms with Crippen molar-refractivity contribution in [3.63, 3.8) is 0 Å². The Bertz CT molecular complexity index is 471. The Morgan fingerprint density at radius 2 is 1.95 bits per heavy atom. The van der Waals surface area contributed by atoms with E-state index in [1.807, 2.05) is 31.2 Å². The number of nitrogens with zero attached hydrogens (tertiary/aromatic N) is 1. The van der Waals surface area contributed by atoms with Crippen molar-refractivity contribution < 1.29 is 14.3 Å². The van der Waals surface area contributed by atoms with E-state index in [0.29, 0.717) is 13.0 Å². The molecule has 1 aromatic rings. The van der Waals surface area contributed by atoms with Gasteiger partial charge in [-0.2, -0.15) is 0 Å². The van der Waals surface area contributed by atoms with Crippen LogP contribution in [0.25, 0.3) is 0 Å². The predicted octanol–water partition coefficient (Wildman–Crippen LogP) is 2.20. The molecule has 110 valence electrons. The van der Waals surface area contributed by atoms with Gasteiger partial charge in [-0.05, 0) is 24.5 Å². The molecule has 0 aliphatic heterocycles. The molecule has 0 saturated carbocycles. The second kappa shape index (κ2) is 7.68. The van der Waals surface area contributed by atoms with Crippen molar-refractivity contribution >= 4 is 11.9 Å². The third-order valence-corrected chi connectivity index (χ3v) is 3.45. The summed E-state index contributed by atoms with van der Waals surface area (Å²) < 4.78 is 4.66. The number of hydrogen-bond donors (Lipinski definition) is 0. The second-order valence-electron chi connectivity index (χ2n) is 5.12. The Morgan fingerprint density at radius 3 is 2.55 bits per heavy atom. The van der Waals surface area contributed by atoms with E-state index < -0.39 is 0 Å². The van der Waals surface area contributed by atoms with Gasteiger partial charge in [0.05, 0.1) is 13.0 Å². The molecule has 0 saturated heterocycles. The molecule has 0 N–H and O–H groups in total. The molecule has 0 bridgehead atoms. The van der Waals surface area contributed by atoms with Crippen LogP contribution in [0, 0.1) is 12.8 Å². The van der Waals surface area contributed by atoms with Gasteiger partial charge in [-0.3, -0.25) is 9.59 Å². The first kappa shape index (κ1) is 16.2. The van der Waals surface area contributed by atoms with Crippen molar-refractivity contribution in [3.8, 4) is 0 Å². The third kappa shape index (κ3) is 4.68. The lowest BCUT2D eigenvalue weighted by Crippen LogP contribution is -2.34. The summed E-state index contributed by atoms with van der Waals surface area (Å²) in [6.07, 6.45) is 1.18. The molecule has 1 unspecified atom stereocenters. The molecule has 1 rings (SSSR count). The largest absolute Gasteiger partial charge is 0.469 e. The minimum Gasteiger partial charge on any atom is -0.469 e. The number of aryl methyl sites for hydroxylation is 2. The molecule has 20 heavy (non-hydrogen) atoms. The summed E-state index contributed by atoms with van der Waals surface area (Å²) in [4.78, 5) is 25.0. The fourth-order valence-corrected chi connectivity index (χ4v) is 2.11. The summed E-state index contributed by atoms with van der Waals surface area (Å²) in [6, 6.07) is 8.06. The molecule has 4 heteroatoms. The smallest absolute Gasteiger partial charge is 0.310 e. The van der Waals surface area contributed by atoms with Crippen molar-refractivity contribution in [2.75, 3.05) is 20.7 Å². The molecular weight excluding hydrogens is 254 g/mol. The second-order valence-corrected chi connectivity index (χ2v) is 5.12. The van der Waals surface area contributed by atoms with Crippen LogP contribution in [0.3, 0.4) is 0 Å². The first-order chi connectivity index (χ1) is 9.45. The maximum atomic E-state index is 12.0. The number of rotatable bonds is 6. The summed E-state index contributed by atoms with van der Waals surface area (Å²) in [5.41, 5.74) is 2.39. The fourth-order valence-electron chi connectivity index (χ4n) is 2.11. The molecule has 0 fully saturated rings. The first-order valence-corrected chi connectivity index (χ1v) is 6.82. The molecule has 0 radical (unpaired) electrons. The van der Waals surface area contributed by atoms with Gasteiger partial charge >= 0.3 is 5.97 Å². The monoisotopic (exact) mass is 277 g/mol. The molecule has 4 nitrogen and oxygen atoms in total. The van der Waals surface area contributed by atoms with Gasteiger partial charge in [0.25, 0.3) is 0 Å². The van der Waals surface area contributed by atoms with Crippen molar-refractivity contribution in [2.45, 2.75) is 26.7 Å². The van der Waals surface area contributed by atoms with Crippen LogP contribution in [0.1, 0.15) is 24.5 Å². The predicted molar refractivity (Wildman–Crippen MR) is 78.3 cm³/mol. The lowest BCUT2D eigenvalue weighted by molar-refractivity contribution is -0.146. The Morgan fingerprint density at radius 1 is 1.30 bits per heavy atom. The van der Waals surface area contributed by atoms with Crippen molar-refractivity contribution in [2.24, 2.45) is 5.92 Å². The number of hydrogen-bond acceptors (Lipinski definition) is 3. The summed E-state index contributed by atoms with van der Waals surface area (Å²) in [6.45, 7) is 4.19. The van der Waals surface area contributed by atoms with Crippen LogP contribution in [-0.2, 0) is 20.7 Å². The Hall–Kier alpha value is -1.84. The Kier molecular flexibility index (Phi) is 6.22. The highest BCUT2D eigenvalue weighted by atomic mass is 16.5. The third-order valence-electron chi connectivity index (χ3n) is 3.45. The topological polar surface area (TPSA) is 46.6 Å². The van der Waals surface area contributed by atoms with Crippen LogP contribution in [-0.4, -0.2) is 37.5 Å². The van der Waals surface area contributed by atoms with E-state index in [9.17, 15) is 9.59 Å². The lowest BCUT2D eigenvalue weighted by atomic mass is 10.0. The van der Waals surface area contributed by atoms with E-state index in [-0.39, 0.29) is 17.8 Å². The number of esters is 1. The molecule has 0 aliphatic carbocycles. The van der Waals surface area contributed by atoms with Gasteiger partial charge in [0, 0.05) is 20.0 Å². The SMILES string of the molecule is COC(=O)C(C)CN(C)C(=O)CCc1ccccc1C. The van der Waals surface area contributed by atoms with Crippen molar-refractivity contribution in [1.82, 2.24) is 4.90 Å². The number of amides is 1. The first-order valence-electron chi connectivity index (χ1n) is 6.82. The van der Waals surface area contributed by atoms with E-state index >= 15 is 0 Å². The van der Waals surface area contributed by atoms with E-state index in [1.165, 1.54) is 18.2 Å².